The molecular weight excluding hydrogens is 386 g/mol. The summed E-state index contributed by atoms with van der Waals surface area (Å²) < 4.78 is 6.91. The number of carbonyl (C=O) groups excluding carboxylic acids is 1. The zero-order valence-corrected chi connectivity index (χ0v) is 16.8. The first-order valence-electron chi connectivity index (χ1n) is 9.01. The molecule has 0 spiro atoms. The third-order valence-corrected chi connectivity index (χ3v) is 5.30. The zero-order chi connectivity index (χ0) is 20.2. The Balaban J connectivity index is 1.51. The molecule has 1 N–H and O–H groups in total. The first kappa shape index (κ1) is 18.8. The molecule has 7 nitrogen and oxygen atoms in total. The summed E-state index contributed by atoms with van der Waals surface area (Å²) in [7, 11) is 1.61. The second-order valence-corrected chi connectivity index (χ2v) is 7.15. The SMILES string of the molecule is COc1ccccc1CNC(=O)c1nnn(-c2nc(-c3ccccc3)cs2)c1C. The Morgan fingerprint density at radius 1 is 1.14 bits per heavy atom. The summed E-state index contributed by atoms with van der Waals surface area (Å²) in [4.78, 5) is 17.3. The minimum atomic E-state index is -0.292. The van der Waals surface area contributed by atoms with Gasteiger partial charge in [-0.1, -0.05) is 53.7 Å². The van der Waals surface area contributed by atoms with E-state index in [0.29, 0.717) is 17.4 Å². The number of methoxy groups -OCH3 is 1. The lowest BCUT2D eigenvalue weighted by molar-refractivity contribution is 0.0945. The highest BCUT2D eigenvalue weighted by Gasteiger charge is 2.19. The Morgan fingerprint density at radius 2 is 1.90 bits per heavy atom. The standard InChI is InChI=1S/C21H19N5O2S/c1-14-19(20(27)22-12-16-10-6-7-11-18(16)28-2)24-25-26(14)21-23-17(13-29-21)15-8-4-3-5-9-15/h3-11,13H,12H2,1-2H3,(H,22,27). The monoisotopic (exact) mass is 405 g/mol. The maximum Gasteiger partial charge on any atom is 0.274 e. The third kappa shape index (κ3) is 3.88. The summed E-state index contributed by atoms with van der Waals surface area (Å²) in [5, 5.41) is 13.7. The summed E-state index contributed by atoms with van der Waals surface area (Å²) in [6, 6.07) is 17.5. The fourth-order valence-electron chi connectivity index (χ4n) is 2.93. The first-order valence-corrected chi connectivity index (χ1v) is 9.89. The number of para-hydroxylation sites is 1. The Hall–Kier alpha value is -3.52. The Morgan fingerprint density at radius 3 is 2.69 bits per heavy atom. The van der Waals surface area contributed by atoms with Gasteiger partial charge in [0.1, 0.15) is 5.75 Å². The average molecular weight is 405 g/mol. The normalized spacial score (nSPS) is 10.7. The molecule has 0 bridgehead atoms. The predicted octanol–water partition coefficient (Wildman–Crippen LogP) is 3.64. The van der Waals surface area contributed by atoms with E-state index in [4.69, 9.17) is 4.74 Å². The number of thiazole rings is 1. The lowest BCUT2D eigenvalue weighted by Gasteiger charge is -2.08. The molecule has 4 aromatic rings. The van der Waals surface area contributed by atoms with Crippen molar-refractivity contribution in [3.63, 3.8) is 0 Å². The van der Waals surface area contributed by atoms with Crippen molar-refractivity contribution in [1.82, 2.24) is 25.3 Å². The Labute approximate surface area is 172 Å². The van der Waals surface area contributed by atoms with Gasteiger partial charge in [0.15, 0.2) is 5.69 Å². The van der Waals surface area contributed by atoms with E-state index >= 15 is 0 Å². The topological polar surface area (TPSA) is 81.9 Å². The van der Waals surface area contributed by atoms with Gasteiger partial charge in [0.2, 0.25) is 5.13 Å². The van der Waals surface area contributed by atoms with Crippen LogP contribution in [0.1, 0.15) is 21.7 Å². The summed E-state index contributed by atoms with van der Waals surface area (Å²) in [6.07, 6.45) is 0. The number of ether oxygens (including phenoxy) is 1. The van der Waals surface area contributed by atoms with Gasteiger partial charge in [0.25, 0.3) is 5.91 Å². The number of hydrogen-bond acceptors (Lipinski definition) is 6. The van der Waals surface area contributed by atoms with E-state index in [2.05, 4.69) is 20.6 Å². The van der Waals surface area contributed by atoms with E-state index in [1.54, 1.807) is 11.8 Å². The lowest BCUT2D eigenvalue weighted by Crippen LogP contribution is -2.24. The molecule has 4 rings (SSSR count). The summed E-state index contributed by atoms with van der Waals surface area (Å²) >= 11 is 1.45. The van der Waals surface area contributed by atoms with Crippen molar-refractivity contribution in [2.45, 2.75) is 13.5 Å². The number of benzene rings is 2. The number of nitrogens with one attached hydrogen (secondary N) is 1. The molecule has 0 aliphatic carbocycles. The van der Waals surface area contributed by atoms with E-state index in [1.165, 1.54) is 11.3 Å². The van der Waals surface area contributed by atoms with Gasteiger partial charge in [-0.25, -0.2) is 4.98 Å². The maximum absolute atomic E-state index is 12.6. The average Bonchev–Trinajstić information content (AvgIpc) is 3.39. The molecule has 0 unspecified atom stereocenters. The largest absolute Gasteiger partial charge is 0.496 e. The fraction of sp³-hybridized carbons (Fsp3) is 0.143. The van der Waals surface area contributed by atoms with Crippen molar-refractivity contribution in [2.24, 2.45) is 0 Å². The van der Waals surface area contributed by atoms with Gasteiger partial charge in [-0.05, 0) is 13.0 Å². The highest BCUT2D eigenvalue weighted by Crippen LogP contribution is 2.24. The molecule has 0 saturated heterocycles. The number of amides is 1. The van der Waals surface area contributed by atoms with Crippen molar-refractivity contribution < 1.29 is 9.53 Å². The molecule has 0 saturated carbocycles. The first-order chi connectivity index (χ1) is 14.2. The molecule has 0 fully saturated rings. The number of aromatic nitrogens is 4. The molecule has 2 aromatic heterocycles. The van der Waals surface area contributed by atoms with Crippen LogP contribution >= 0.6 is 11.3 Å². The van der Waals surface area contributed by atoms with Crippen LogP contribution in [-0.4, -0.2) is 33.0 Å². The molecule has 8 heteroatoms. The van der Waals surface area contributed by atoms with Gasteiger partial charge in [0, 0.05) is 23.1 Å². The van der Waals surface area contributed by atoms with Crippen LogP contribution in [0.5, 0.6) is 5.75 Å². The van der Waals surface area contributed by atoms with Gasteiger partial charge in [-0.2, -0.15) is 4.68 Å². The molecule has 2 aromatic carbocycles. The van der Waals surface area contributed by atoms with Gasteiger partial charge in [-0.3, -0.25) is 4.79 Å². The number of hydrogen-bond donors (Lipinski definition) is 1. The molecule has 0 radical (unpaired) electrons. The van der Waals surface area contributed by atoms with Crippen molar-refractivity contribution in [3.05, 3.63) is 76.9 Å². The van der Waals surface area contributed by atoms with E-state index in [1.807, 2.05) is 66.9 Å². The van der Waals surface area contributed by atoms with Crippen molar-refractivity contribution in [1.29, 1.82) is 0 Å². The smallest absolute Gasteiger partial charge is 0.274 e. The minimum absolute atomic E-state index is 0.274. The van der Waals surface area contributed by atoms with E-state index in [-0.39, 0.29) is 11.6 Å². The van der Waals surface area contributed by atoms with Crippen LogP contribution in [0.3, 0.4) is 0 Å². The third-order valence-electron chi connectivity index (χ3n) is 4.48. The van der Waals surface area contributed by atoms with Crippen LogP contribution in [0.2, 0.25) is 0 Å². The highest BCUT2D eigenvalue weighted by atomic mass is 32.1. The summed E-state index contributed by atoms with van der Waals surface area (Å²) in [5.41, 5.74) is 3.69. The number of rotatable bonds is 6. The van der Waals surface area contributed by atoms with Gasteiger partial charge < -0.3 is 10.1 Å². The van der Waals surface area contributed by atoms with E-state index in [0.717, 1.165) is 22.6 Å². The van der Waals surface area contributed by atoms with Gasteiger partial charge in [-0.15, -0.1) is 16.4 Å². The van der Waals surface area contributed by atoms with Gasteiger partial charge >= 0.3 is 0 Å². The summed E-state index contributed by atoms with van der Waals surface area (Å²) in [6.45, 7) is 2.14. The number of nitrogens with zero attached hydrogens (tertiary/aromatic N) is 4. The predicted molar refractivity (Wildman–Crippen MR) is 111 cm³/mol. The van der Waals surface area contributed by atoms with Crippen LogP contribution in [0.4, 0.5) is 0 Å². The van der Waals surface area contributed by atoms with E-state index < -0.39 is 0 Å². The van der Waals surface area contributed by atoms with Crippen LogP contribution in [0.25, 0.3) is 16.4 Å². The van der Waals surface area contributed by atoms with Crippen molar-refractivity contribution >= 4 is 17.2 Å². The second-order valence-electron chi connectivity index (χ2n) is 6.31. The molecular formula is C21H19N5O2S. The van der Waals surface area contributed by atoms with Crippen LogP contribution in [-0.2, 0) is 6.54 Å². The molecule has 2 heterocycles. The lowest BCUT2D eigenvalue weighted by atomic mass is 10.2. The van der Waals surface area contributed by atoms with E-state index in [9.17, 15) is 4.79 Å². The molecule has 0 aliphatic heterocycles. The Kier molecular flexibility index (Phi) is 5.35. The summed E-state index contributed by atoms with van der Waals surface area (Å²) in [5.74, 6) is 0.434. The van der Waals surface area contributed by atoms with Crippen LogP contribution in [0.15, 0.2) is 60.0 Å². The molecule has 0 atom stereocenters. The zero-order valence-electron chi connectivity index (χ0n) is 16.0. The molecule has 0 aliphatic rings. The maximum atomic E-state index is 12.6. The second kappa shape index (κ2) is 8.24. The van der Waals surface area contributed by atoms with Crippen molar-refractivity contribution in [2.75, 3.05) is 7.11 Å². The fourth-order valence-corrected chi connectivity index (χ4v) is 3.76. The molecule has 29 heavy (non-hydrogen) atoms. The molecule has 146 valence electrons. The quantitative estimate of drug-likeness (QED) is 0.530. The van der Waals surface area contributed by atoms with Crippen LogP contribution < -0.4 is 10.1 Å². The highest BCUT2D eigenvalue weighted by molar-refractivity contribution is 7.12. The van der Waals surface area contributed by atoms with Gasteiger partial charge in [0.05, 0.1) is 18.5 Å². The van der Waals surface area contributed by atoms with Crippen molar-refractivity contribution in [3.8, 4) is 22.1 Å². The minimum Gasteiger partial charge on any atom is -0.496 e. The molecule has 1 amide bonds. The Bertz CT molecular complexity index is 1140. The van der Waals surface area contributed by atoms with Crippen LogP contribution in [0, 0.1) is 6.92 Å². The number of carbonyl (C=O) groups is 1.